The van der Waals surface area contributed by atoms with Crippen LogP contribution in [0, 0.1) is 0 Å². The fourth-order valence-electron chi connectivity index (χ4n) is 1.80. The maximum Gasteiger partial charge on any atom is 0.142 e. The third-order valence-corrected chi connectivity index (χ3v) is 2.54. The minimum atomic E-state index is 0. The van der Waals surface area contributed by atoms with Gasteiger partial charge in [-0.2, -0.15) is 0 Å². The van der Waals surface area contributed by atoms with E-state index in [9.17, 15) is 0 Å². The zero-order chi connectivity index (χ0) is 9.80. The van der Waals surface area contributed by atoms with Gasteiger partial charge in [0.15, 0.2) is 0 Å². The largest absolute Gasteiger partial charge is 0.495 e. The predicted octanol–water partition coefficient (Wildman–Crippen LogP) is 1.53. The lowest BCUT2D eigenvalue weighted by molar-refractivity contribution is 0.413. The second kappa shape index (κ2) is 5.83. The molecule has 4 heteroatoms. The lowest BCUT2D eigenvalue weighted by Gasteiger charge is -2.30. The molecule has 0 radical (unpaired) electrons. The monoisotopic (exact) mass is 228 g/mol. The van der Waals surface area contributed by atoms with Crippen molar-refractivity contribution in [2.45, 2.75) is 0 Å². The normalized spacial score (nSPS) is 15.7. The van der Waals surface area contributed by atoms with Crippen molar-refractivity contribution in [2.75, 3.05) is 38.2 Å². The van der Waals surface area contributed by atoms with E-state index in [0.29, 0.717) is 0 Å². The number of methoxy groups -OCH3 is 1. The van der Waals surface area contributed by atoms with Gasteiger partial charge in [0.1, 0.15) is 5.75 Å². The number of benzene rings is 1. The van der Waals surface area contributed by atoms with Crippen LogP contribution in [0.2, 0.25) is 0 Å². The number of hydrogen-bond donors (Lipinski definition) is 1. The second-order valence-corrected chi connectivity index (χ2v) is 3.41. The van der Waals surface area contributed by atoms with Gasteiger partial charge in [0, 0.05) is 26.2 Å². The standard InChI is InChI=1S/C11H16N2O.ClH/c1-14-11-5-3-2-4-10(11)13-8-6-12-7-9-13;/h2-5,12H,6-9H2,1H3;1H. The molecule has 1 aromatic rings. The molecule has 1 saturated heterocycles. The Balaban J connectivity index is 0.00000112. The third-order valence-electron chi connectivity index (χ3n) is 2.54. The van der Waals surface area contributed by atoms with E-state index in [1.54, 1.807) is 7.11 Å². The number of nitrogens with zero attached hydrogens (tertiary/aromatic N) is 1. The van der Waals surface area contributed by atoms with Crippen LogP contribution in [0.25, 0.3) is 0 Å². The molecule has 1 heterocycles. The Hall–Kier alpha value is -0.930. The molecule has 1 aliphatic heterocycles. The molecule has 0 atom stereocenters. The summed E-state index contributed by atoms with van der Waals surface area (Å²) in [6.07, 6.45) is 0. The van der Waals surface area contributed by atoms with Crippen LogP contribution in [0.15, 0.2) is 24.3 Å². The third kappa shape index (κ3) is 2.76. The number of ether oxygens (including phenoxy) is 1. The quantitative estimate of drug-likeness (QED) is 0.831. The molecule has 0 saturated carbocycles. The molecule has 2 rings (SSSR count). The molecular weight excluding hydrogens is 212 g/mol. The molecule has 1 aromatic carbocycles. The molecule has 1 aliphatic rings. The maximum atomic E-state index is 5.34. The topological polar surface area (TPSA) is 24.5 Å². The van der Waals surface area contributed by atoms with E-state index in [1.165, 1.54) is 5.69 Å². The number of para-hydroxylation sites is 2. The van der Waals surface area contributed by atoms with Crippen LogP contribution >= 0.6 is 12.4 Å². The smallest absolute Gasteiger partial charge is 0.142 e. The van der Waals surface area contributed by atoms with E-state index in [2.05, 4.69) is 22.3 Å². The first-order valence-corrected chi connectivity index (χ1v) is 5.00. The van der Waals surface area contributed by atoms with Gasteiger partial charge in [0.2, 0.25) is 0 Å². The van der Waals surface area contributed by atoms with Crippen molar-refractivity contribution in [3.05, 3.63) is 24.3 Å². The summed E-state index contributed by atoms with van der Waals surface area (Å²) in [6, 6.07) is 8.19. The molecule has 15 heavy (non-hydrogen) atoms. The van der Waals surface area contributed by atoms with Crippen molar-refractivity contribution in [1.29, 1.82) is 0 Å². The number of nitrogens with one attached hydrogen (secondary N) is 1. The number of piperazine rings is 1. The summed E-state index contributed by atoms with van der Waals surface area (Å²) in [5, 5.41) is 3.34. The Morgan fingerprint density at radius 1 is 1.20 bits per heavy atom. The average molecular weight is 229 g/mol. The number of halogens is 1. The molecule has 0 amide bonds. The Morgan fingerprint density at radius 2 is 1.87 bits per heavy atom. The number of rotatable bonds is 2. The zero-order valence-corrected chi connectivity index (χ0v) is 9.72. The Kier molecular flexibility index (Phi) is 4.72. The van der Waals surface area contributed by atoms with Gasteiger partial charge < -0.3 is 15.0 Å². The van der Waals surface area contributed by atoms with Gasteiger partial charge in [0.05, 0.1) is 12.8 Å². The van der Waals surface area contributed by atoms with Crippen molar-refractivity contribution in [1.82, 2.24) is 5.32 Å². The van der Waals surface area contributed by atoms with Crippen LogP contribution in [0.5, 0.6) is 5.75 Å². The van der Waals surface area contributed by atoms with Crippen LogP contribution in [0.1, 0.15) is 0 Å². The SMILES string of the molecule is COc1ccccc1N1CCNCC1.Cl. The van der Waals surface area contributed by atoms with Crippen molar-refractivity contribution >= 4 is 18.1 Å². The fraction of sp³-hybridized carbons (Fsp3) is 0.455. The molecule has 1 N–H and O–H groups in total. The van der Waals surface area contributed by atoms with Crippen LogP contribution < -0.4 is 15.0 Å². The number of anilines is 1. The van der Waals surface area contributed by atoms with Crippen molar-refractivity contribution in [2.24, 2.45) is 0 Å². The van der Waals surface area contributed by atoms with Gasteiger partial charge in [-0.1, -0.05) is 12.1 Å². The second-order valence-electron chi connectivity index (χ2n) is 3.41. The molecule has 0 spiro atoms. The lowest BCUT2D eigenvalue weighted by atomic mass is 10.2. The molecular formula is C11H17ClN2O. The summed E-state index contributed by atoms with van der Waals surface area (Å²) in [4.78, 5) is 2.36. The average Bonchev–Trinajstić information content (AvgIpc) is 2.30. The molecule has 1 fully saturated rings. The minimum absolute atomic E-state index is 0. The Morgan fingerprint density at radius 3 is 2.53 bits per heavy atom. The molecule has 84 valence electrons. The van der Waals surface area contributed by atoms with Crippen molar-refractivity contribution in [3.8, 4) is 5.75 Å². The molecule has 0 aliphatic carbocycles. The molecule has 0 bridgehead atoms. The van der Waals surface area contributed by atoms with Crippen molar-refractivity contribution < 1.29 is 4.74 Å². The van der Waals surface area contributed by atoms with Gasteiger partial charge in [-0.25, -0.2) is 0 Å². The Bertz CT molecular complexity index is 300. The summed E-state index contributed by atoms with van der Waals surface area (Å²) < 4.78 is 5.34. The van der Waals surface area contributed by atoms with E-state index in [0.717, 1.165) is 31.9 Å². The summed E-state index contributed by atoms with van der Waals surface area (Å²) >= 11 is 0. The minimum Gasteiger partial charge on any atom is -0.495 e. The first-order chi connectivity index (χ1) is 6.92. The summed E-state index contributed by atoms with van der Waals surface area (Å²) in [5.41, 5.74) is 1.21. The van der Waals surface area contributed by atoms with E-state index in [-0.39, 0.29) is 12.4 Å². The molecule has 0 unspecified atom stereocenters. The van der Waals surface area contributed by atoms with E-state index >= 15 is 0 Å². The van der Waals surface area contributed by atoms with Crippen LogP contribution in [-0.4, -0.2) is 33.3 Å². The number of hydrogen-bond acceptors (Lipinski definition) is 3. The summed E-state index contributed by atoms with van der Waals surface area (Å²) in [6.45, 7) is 4.22. The maximum absolute atomic E-state index is 5.34. The highest BCUT2D eigenvalue weighted by Gasteiger charge is 2.13. The molecule has 0 aromatic heterocycles. The Labute approximate surface area is 96.8 Å². The summed E-state index contributed by atoms with van der Waals surface area (Å²) in [5.74, 6) is 0.967. The first kappa shape index (κ1) is 12.1. The van der Waals surface area contributed by atoms with Crippen LogP contribution in [0.3, 0.4) is 0 Å². The van der Waals surface area contributed by atoms with Gasteiger partial charge in [-0.15, -0.1) is 12.4 Å². The highest BCUT2D eigenvalue weighted by atomic mass is 35.5. The van der Waals surface area contributed by atoms with Gasteiger partial charge in [0.25, 0.3) is 0 Å². The van der Waals surface area contributed by atoms with Crippen LogP contribution in [0.4, 0.5) is 5.69 Å². The lowest BCUT2D eigenvalue weighted by Crippen LogP contribution is -2.43. The molecule has 3 nitrogen and oxygen atoms in total. The first-order valence-electron chi connectivity index (χ1n) is 5.00. The van der Waals surface area contributed by atoms with Crippen LogP contribution in [-0.2, 0) is 0 Å². The van der Waals surface area contributed by atoms with Gasteiger partial charge >= 0.3 is 0 Å². The zero-order valence-electron chi connectivity index (χ0n) is 8.90. The van der Waals surface area contributed by atoms with E-state index in [4.69, 9.17) is 4.74 Å². The predicted molar refractivity (Wildman–Crippen MR) is 65.3 cm³/mol. The van der Waals surface area contributed by atoms with E-state index < -0.39 is 0 Å². The van der Waals surface area contributed by atoms with Gasteiger partial charge in [-0.3, -0.25) is 0 Å². The summed E-state index contributed by atoms with van der Waals surface area (Å²) in [7, 11) is 1.72. The van der Waals surface area contributed by atoms with E-state index in [1.807, 2.05) is 12.1 Å². The van der Waals surface area contributed by atoms with Crippen molar-refractivity contribution in [3.63, 3.8) is 0 Å². The van der Waals surface area contributed by atoms with Gasteiger partial charge in [-0.05, 0) is 12.1 Å². The highest BCUT2D eigenvalue weighted by Crippen LogP contribution is 2.27. The fourth-order valence-corrected chi connectivity index (χ4v) is 1.80. The highest BCUT2D eigenvalue weighted by molar-refractivity contribution is 5.85.